The number of nitrogens with one attached hydrogen (secondary N) is 1. The Kier molecular flexibility index (Phi) is 8.34. The van der Waals surface area contributed by atoms with Crippen LogP contribution in [-0.4, -0.2) is 73.5 Å². The Morgan fingerprint density at radius 2 is 1.76 bits per heavy atom. The van der Waals surface area contributed by atoms with Crippen LogP contribution in [0.1, 0.15) is 29.9 Å². The molecule has 9 nitrogen and oxygen atoms in total. The Hall–Kier alpha value is -3.75. The van der Waals surface area contributed by atoms with Crippen LogP contribution in [0.15, 0.2) is 42.6 Å². The van der Waals surface area contributed by atoms with Crippen molar-refractivity contribution in [1.29, 1.82) is 0 Å². The predicted molar refractivity (Wildman–Crippen MR) is 132 cm³/mol. The molecule has 3 aromatic rings. The molecule has 9 heteroatoms. The van der Waals surface area contributed by atoms with Crippen LogP contribution in [0.5, 0.6) is 11.5 Å². The maximum Gasteiger partial charge on any atom is 0.252 e. The van der Waals surface area contributed by atoms with Crippen LogP contribution in [0.4, 0.5) is 5.82 Å². The molecule has 0 atom stereocenters. The van der Waals surface area contributed by atoms with Crippen LogP contribution in [0.25, 0.3) is 5.65 Å². The van der Waals surface area contributed by atoms with E-state index in [1.165, 1.54) is 0 Å². The lowest BCUT2D eigenvalue weighted by atomic mass is 10.2. The molecule has 1 N–H and O–H groups in total. The molecule has 0 bridgehead atoms. The normalized spacial score (nSPS) is 10.7. The number of nitrogens with zero attached hydrogens (tertiary/aromatic N) is 4. The molecule has 0 aliphatic carbocycles. The number of rotatable bonds is 11. The van der Waals surface area contributed by atoms with Crippen molar-refractivity contribution in [2.24, 2.45) is 0 Å². The first-order chi connectivity index (χ1) is 16.4. The van der Waals surface area contributed by atoms with Gasteiger partial charge >= 0.3 is 0 Å². The number of carbonyl (C=O) groups is 2. The number of ether oxygens (including phenoxy) is 2. The van der Waals surface area contributed by atoms with E-state index in [-0.39, 0.29) is 18.4 Å². The Bertz CT molecular complexity index is 1120. The third kappa shape index (κ3) is 5.78. The first kappa shape index (κ1) is 24.9. The van der Waals surface area contributed by atoms with E-state index >= 15 is 0 Å². The topological polar surface area (TPSA) is 88.4 Å². The summed E-state index contributed by atoms with van der Waals surface area (Å²) in [4.78, 5) is 33.4. The second kappa shape index (κ2) is 11.4. The Labute approximate surface area is 200 Å². The zero-order chi connectivity index (χ0) is 24.7. The lowest BCUT2D eigenvalue weighted by Gasteiger charge is -2.24. The Morgan fingerprint density at radius 3 is 2.38 bits per heavy atom. The Balaban J connectivity index is 1.71. The van der Waals surface area contributed by atoms with Crippen LogP contribution < -0.4 is 19.7 Å². The number of pyridine rings is 1. The molecule has 0 unspecified atom stereocenters. The minimum atomic E-state index is -0.203. The van der Waals surface area contributed by atoms with Crippen LogP contribution in [0.3, 0.4) is 0 Å². The molecular weight excluding hydrogens is 434 g/mol. The van der Waals surface area contributed by atoms with Gasteiger partial charge in [0, 0.05) is 26.8 Å². The summed E-state index contributed by atoms with van der Waals surface area (Å²) in [7, 11) is 5.10. The number of aryl methyl sites for hydroxylation is 1. The quantitative estimate of drug-likeness (QED) is 0.436. The SMILES string of the molecule is CCc1nc2ccc(C(=O)NCCOc3ccc(OC)cc3)cn2c1N(CC)CC(=O)N(C)C. The predicted octanol–water partition coefficient (Wildman–Crippen LogP) is 2.63. The van der Waals surface area contributed by atoms with Gasteiger partial charge in [0.05, 0.1) is 31.5 Å². The second-order valence-corrected chi connectivity index (χ2v) is 7.96. The smallest absolute Gasteiger partial charge is 0.252 e. The zero-order valence-corrected chi connectivity index (χ0v) is 20.5. The number of imidazole rings is 1. The molecule has 0 radical (unpaired) electrons. The van der Waals surface area contributed by atoms with E-state index in [2.05, 4.69) is 5.32 Å². The minimum Gasteiger partial charge on any atom is -0.497 e. The summed E-state index contributed by atoms with van der Waals surface area (Å²) in [5.41, 5.74) is 2.13. The van der Waals surface area contributed by atoms with E-state index in [1.807, 2.05) is 53.5 Å². The highest BCUT2D eigenvalue weighted by Gasteiger charge is 2.20. The standard InChI is InChI=1S/C25H33N5O4/c1-6-21-25(29(7-2)17-23(31)28(3)4)30-16-18(8-13-22(30)27-21)24(32)26-14-15-34-20-11-9-19(33-5)10-12-20/h8-13,16H,6-7,14-15,17H2,1-5H3,(H,26,32). The maximum atomic E-state index is 12.8. The lowest BCUT2D eigenvalue weighted by Crippen LogP contribution is -2.37. The van der Waals surface area contributed by atoms with E-state index in [1.54, 1.807) is 38.4 Å². The summed E-state index contributed by atoms with van der Waals surface area (Å²) in [6, 6.07) is 10.9. The van der Waals surface area contributed by atoms with E-state index in [0.29, 0.717) is 37.4 Å². The van der Waals surface area contributed by atoms with E-state index in [4.69, 9.17) is 14.5 Å². The first-order valence-electron chi connectivity index (χ1n) is 11.4. The van der Waals surface area contributed by atoms with Gasteiger partial charge in [0.25, 0.3) is 5.91 Å². The Morgan fingerprint density at radius 1 is 1.06 bits per heavy atom. The van der Waals surface area contributed by atoms with Gasteiger partial charge in [-0.25, -0.2) is 4.98 Å². The first-order valence-corrected chi connectivity index (χ1v) is 11.4. The number of methoxy groups -OCH3 is 1. The van der Waals surface area contributed by atoms with Gasteiger partial charge in [-0.3, -0.25) is 14.0 Å². The monoisotopic (exact) mass is 467 g/mol. The molecule has 1 aromatic carbocycles. The molecule has 3 rings (SSSR count). The van der Waals surface area contributed by atoms with Gasteiger partial charge in [-0.15, -0.1) is 0 Å². The van der Waals surface area contributed by atoms with Crippen molar-refractivity contribution in [3.8, 4) is 11.5 Å². The van der Waals surface area contributed by atoms with Crippen LogP contribution in [-0.2, 0) is 11.2 Å². The number of fused-ring (bicyclic) bond motifs is 1. The summed E-state index contributed by atoms with van der Waals surface area (Å²) in [6.07, 6.45) is 2.49. The van der Waals surface area contributed by atoms with Gasteiger partial charge in [-0.1, -0.05) is 6.92 Å². The van der Waals surface area contributed by atoms with Crippen molar-refractivity contribution in [2.75, 3.05) is 52.3 Å². The fourth-order valence-corrected chi connectivity index (χ4v) is 3.54. The van der Waals surface area contributed by atoms with Crippen LogP contribution >= 0.6 is 0 Å². The van der Waals surface area contributed by atoms with Crippen molar-refractivity contribution < 1.29 is 19.1 Å². The highest BCUT2D eigenvalue weighted by molar-refractivity contribution is 5.94. The number of aromatic nitrogens is 2. The van der Waals surface area contributed by atoms with Crippen molar-refractivity contribution in [2.45, 2.75) is 20.3 Å². The molecule has 182 valence electrons. The molecule has 0 fully saturated rings. The van der Waals surface area contributed by atoms with Gasteiger partial charge < -0.3 is 24.6 Å². The summed E-state index contributed by atoms with van der Waals surface area (Å²) < 4.78 is 12.7. The van der Waals surface area contributed by atoms with Gasteiger partial charge in [-0.2, -0.15) is 0 Å². The number of carbonyl (C=O) groups excluding carboxylic acids is 2. The van der Waals surface area contributed by atoms with E-state index in [0.717, 1.165) is 22.9 Å². The number of likely N-dealkylation sites (N-methyl/N-ethyl adjacent to an activating group) is 2. The molecule has 2 aromatic heterocycles. The van der Waals surface area contributed by atoms with Gasteiger partial charge in [-0.05, 0) is 49.7 Å². The van der Waals surface area contributed by atoms with Crippen molar-refractivity contribution in [1.82, 2.24) is 19.6 Å². The minimum absolute atomic E-state index is 0.00427. The molecular formula is C25H33N5O4. The number of hydrogen-bond donors (Lipinski definition) is 1. The average molecular weight is 468 g/mol. The van der Waals surface area contributed by atoms with Crippen molar-refractivity contribution in [3.05, 3.63) is 53.9 Å². The third-order valence-electron chi connectivity index (χ3n) is 5.48. The zero-order valence-electron chi connectivity index (χ0n) is 20.5. The number of hydrogen-bond acceptors (Lipinski definition) is 6. The van der Waals surface area contributed by atoms with Crippen molar-refractivity contribution >= 4 is 23.3 Å². The molecule has 2 heterocycles. The number of anilines is 1. The van der Waals surface area contributed by atoms with Gasteiger partial charge in [0.15, 0.2) is 0 Å². The van der Waals surface area contributed by atoms with Crippen LogP contribution in [0.2, 0.25) is 0 Å². The number of benzene rings is 1. The molecule has 2 amide bonds. The molecule has 0 saturated carbocycles. The third-order valence-corrected chi connectivity index (χ3v) is 5.48. The largest absolute Gasteiger partial charge is 0.497 e. The van der Waals surface area contributed by atoms with Gasteiger partial charge in [0.2, 0.25) is 5.91 Å². The van der Waals surface area contributed by atoms with Crippen LogP contribution in [0, 0.1) is 0 Å². The second-order valence-electron chi connectivity index (χ2n) is 7.96. The molecule has 0 saturated heterocycles. The fourth-order valence-electron chi connectivity index (χ4n) is 3.54. The van der Waals surface area contributed by atoms with E-state index < -0.39 is 0 Å². The lowest BCUT2D eigenvalue weighted by molar-refractivity contribution is -0.127. The summed E-state index contributed by atoms with van der Waals surface area (Å²) in [6.45, 7) is 5.61. The highest BCUT2D eigenvalue weighted by Crippen LogP contribution is 2.24. The summed E-state index contributed by atoms with van der Waals surface area (Å²) >= 11 is 0. The summed E-state index contributed by atoms with van der Waals surface area (Å²) in [5.74, 6) is 2.11. The molecule has 0 aliphatic rings. The van der Waals surface area contributed by atoms with E-state index in [9.17, 15) is 9.59 Å². The maximum absolute atomic E-state index is 12.8. The fraction of sp³-hybridized carbons (Fsp3) is 0.400. The average Bonchev–Trinajstić information content (AvgIpc) is 3.22. The van der Waals surface area contributed by atoms with Crippen molar-refractivity contribution in [3.63, 3.8) is 0 Å². The molecule has 0 aliphatic heterocycles. The summed E-state index contributed by atoms with van der Waals surface area (Å²) in [5, 5.41) is 2.89. The number of amides is 2. The van der Waals surface area contributed by atoms with Gasteiger partial charge in [0.1, 0.15) is 29.6 Å². The molecule has 0 spiro atoms. The molecule has 34 heavy (non-hydrogen) atoms. The highest BCUT2D eigenvalue weighted by atomic mass is 16.5.